The third-order valence-electron chi connectivity index (χ3n) is 8.52. The maximum atomic E-state index is 13.5. The molecule has 0 aliphatic carbocycles. The molecule has 1 aromatic rings. The molecule has 216 valence electrons. The monoisotopic (exact) mass is 531 g/mol. The van der Waals surface area contributed by atoms with Crippen molar-refractivity contribution in [2.75, 3.05) is 7.05 Å². The van der Waals surface area contributed by atoms with Crippen LogP contribution in [0.5, 0.6) is 5.75 Å². The molecule has 38 heavy (non-hydrogen) atoms. The van der Waals surface area contributed by atoms with Crippen molar-refractivity contribution in [3.05, 3.63) is 28.8 Å². The van der Waals surface area contributed by atoms with Gasteiger partial charge in [-0.25, -0.2) is 0 Å². The lowest BCUT2D eigenvalue weighted by atomic mass is 9.70. The normalized spacial score (nSPS) is 20.1. The number of hydrogen-bond acceptors (Lipinski definition) is 5. The molecule has 2 rings (SSSR count). The summed E-state index contributed by atoms with van der Waals surface area (Å²) in [5, 5.41) is 21.2. The van der Waals surface area contributed by atoms with Gasteiger partial charge < -0.3 is 14.9 Å². The number of unbranched alkanes of at least 4 members (excludes halogenated alkanes) is 1. The Morgan fingerprint density at radius 1 is 1.00 bits per heavy atom. The van der Waals surface area contributed by atoms with Crippen LogP contribution in [-0.2, 0) is 25.2 Å². The number of ether oxygens (including phenoxy) is 1. The summed E-state index contributed by atoms with van der Waals surface area (Å²) in [5.41, 5.74) is 1.44. The van der Waals surface area contributed by atoms with Gasteiger partial charge in [-0.05, 0) is 93.7 Å². The molecule has 1 aliphatic heterocycles. The van der Waals surface area contributed by atoms with Crippen LogP contribution in [0.25, 0.3) is 0 Å². The van der Waals surface area contributed by atoms with E-state index in [1.165, 1.54) is 0 Å². The lowest BCUT2D eigenvalue weighted by molar-refractivity contribution is -0.169. The standard InChI is InChI=1S/C32H53NO5/c1-13-14-15-22(27(35)36)28(37)38-26(21-18-31(8,9)33(12)32(10,11)19-21)20-16-23(29(2,3)4)25(34)24(17-20)30(5,6)7/h16-17,21-22,26,34H,13-15,18-19H2,1-12H3,(H,35,36). The van der Waals surface area contributed by atoms with Crippen LogP contribution in [0.3, 0.4) is 0 Å². The number of piperidine rings is 1. The molecule has 2 unspecified atom stereocenters. The third kappa shape index (κ3) is 7.11. The van der Waals surface area contributed by atoms with E-state index in [-0.39, 0.29) is 40.0 Å². The van der Waals surface area contributed by atoms with Gasteiger partial charge in [0.1, 0.15) is 11.9 Å². The number of carbonyl (C=O) groups is 2. The quantitative estimate of drug-likeness (QED) is 0.269. The molecule has 1 saturated heterocycles. The highest BCUT2D eigenvalue weighted by atomic mass is 16.5. The number of phenols is 1. The van der Waals surface area contributed by atoms with Crippen LogP contribution in [-0.4, -0.2) is 45.2 Å². The zero-order chi connectivity index (χ0) is 29.4. The molecular weight excluding hydrogens is 478 g/mol. The number of carbonyl (C=O) groups excluding carboxylic acids is 1. The number of carboxylic acid groups (broad SMARTS) is 1. The minimum absolute atomic E-state index is 0.0223. The van der Waals surface area contributed by atoms with Crippen LogP contribution in [0.15, 0.2) is 12.1 Å². The first kappa shape index (κ1) is 32.1. The average molecular weight is 532 g/mol. The Morgan fingerprint density at radius 3 is 1.82 bits per heavy atom. The van der Waals surface area contributed by atoms with Gasteiger partial charge in [-0.1, -0.05) is 61.3 Å². The first-order chi connectivity index (χ1) is 17.1. The number of nitrogens with zero attached hydrogens (tertiary/aromatic N) is 1. The number of phenolic OH excluding ortho intramolecular Hbond substituents is 1. The van der Waals surface area contributed by atoms with E-state index in [9.17, 15) is 19.8 Å². The second kappa shape index (κ2) is 11.2. The van der Waals surface area contributed by atoms with E-state index in [0.29, 0.717) is 6.42 Å². The molecule has 0 aromatic heterocycles. The molecule has 0 saturated carbocycles. The van der Waals surface area contributed by atoms with Crippen molar-refractivity contribution < 1.29 is 24.5 Å². The number of aliphatic carboxylic acids is 1. The van der Waals surface area contributed by atoms with Crippen LogP contribution < -0.4 is 0 Å². The van der Waals surface area contributed by atoms with E-state index in [0.717, 1.165) is 36.0 Å². The van der Waals surface area contributed by atoms with Gasteiger partial charge in [0, 0.05) is 17.0 Å². The largest absolute Gasteiger partial charge is 0.507 e. The summed E-state index contributed by atoms with van der Waals surface area (Å²) < 4.78 is 6.27. The van der Waals surface area contributed by atoms with Gasteiger partial charge in [-0.3, -0.25) is 14.5 Å². The summed E-state index contributed by atoms with van der Waals surface area (Å²) in [6.45, 7) is 23.2. The van der Waals surface area contributed by atoms with Crippen LogP contribution in [0.4, 0.5) is 0 Å². The van der Waals surface area contributed by atoms with E-state index in [1.54, 1.807) is 0 Å². The van der Waals surface area contributed by atoms with Crippen LogP contribution in [0.2, 0.25) is 0 Å². The van der Waals surface area contributed by atoms with Gasteiger partial charge in [0.05, 0.1) is 0 Å². The number of benzene rings is 1. The van der Waals surface area contributed by atoms with Gasteiger partial charge >= 0.3 is 11.9 Å². The fraction of sp³-hybridized carbons (Fsp3) is 0.750. The fourth-order valence-electron chi connectivity index (χ4n) is 6.02. The first-order valence-electron chi connectivity index (χ1n) is 14.2. The molecule has 1 aromatic carbocycles. The van der Waals surface area contributed by atoms with Crippen molar-refractivity contribution in [3.63, 3.8) is 0 Å². The van der Waals surface area contributed by atoms with Gasteiger partial charge in [-0.15, -0.1) is 0 Å². The minimum atomic E-state index is -1.19. The van der Waals surface area contributed by atoms with Crippen molar-refractivity contribution in [2.45, 2.75) is 136 Å². The molecule has 1 aliphatic rings. The van der Waals surface area contributed by atoms with Crippen molar-refractivity contribution in [1.82, 2.24) is 4.90 Å². The highest BCUT2D eigenvalue weighted by Crippen LogP contribution is 2.49. The van der Waals surface area contributed by atoms with Crippen molar-refractivity contribution in [3.8, 4) is 5.75 Å². The Hall–Kier alpha value is -2.08. The number of rotatable bonds is 8. The summed E-state index contributed by atoms with van der Waals surface area (Å²) in [4.78, 5) is 27.9. The van der Waals surface area contributed by atoms with Crippen molar-refractivity contribution in [2.24, 2.45) is 11.8 Å². The minimum Gasteiger partial charge on any atom is -0.507 e. The maximum absolute atomic E-state index is 13.5. The molecule has 0 spiro atoms. The zero-order valence-corrected chi connectivity index (χ0v) is 26.0. The molecule has 0 amide bonds. The first-order valence-corrected chi connectivity index (χ1v) is 14.2. The molecule has 0 radical (unpaired) electrons. The van der Waals surface area contributed by atoms with Gasteiger partial charge in [0.2, 0.25) is 0 Å². The van der Waals surface area contributed by atoms with Gasteiger partial charge in [0.25, 0.3) is 0 Å². The Balaban J connectivity index is 2.75. The van der Waals surface area contributed by atoms with E-state index in [2.05, 4.69) is 81.2 Å². The highest BCUT2D eigenvalue weighted by molar-refractivity contribution is 5.94. The lowest BCUT2D eigenvalue weighted by Crippen LogP contribution is -2.59. The highest BCUT2D eigenvalue weighted by Gasteiger charge is 2.47. The third-order valence-corrected chi connectivity index (χ3v) is 8.52. The summed E-state index contributed by atoms with van der Waals surface area (Å²) in [5.74, 6) is -2.75. The fourth-order valence-corrected chi connectivity index (χ4v) is 6.02. The smallest absolute Gasteiger partial charge is 0.320 e. The molecule has 1 fully saturated rings. The van der Waals surface area contributed by atoms with Crippen molar-refractivity contribution >= 4 is 11.9 Å². The predicted octanol–water partition coefficient (Wildman–Crippen LogP) is 7.36. The van der Waals surface area contributed by atoms with Crippen LogP contribution >= 0.6 is 0 Å². The predicted molar refractivity (Wildman–Crippen MR) is 154 cm³/mol. The summed E-state index contributed by atoms with van der Waals surface area (Å²) in [6, 6.07) is 3.95. The molecule has 6 heteroatoms. The Morgan fingerprint density at radius 2 is 1.45 bits per heavy atom. The second-order valence-electron chi connectivity index (χ2n) is 14.7. The number of carboxylic acids is 1. The second-order valence-corrected chi connectivity index (χ2v) is 14.7. The van der Waals surface area contributed by atoms with Crippen LogP contribution in [0, 0.1) is 11.8 Å². The number of esters is 1. The van der Waals surface area contributed by atoms with Crippen LogP contribution in [0.1, 0.15) is 131 Å². The maximum Gasteiger partial charge on any atom is 0.320 e. The topological polar surface area (TPSA) is 87.1 Å². The number of hydrogen-bond donors (Lipinski definition) is 2. The Bertz CT molecular complexity index is 959. The number of aromatic hydroxyl groups is 1. The summed E-state index contributed by atoms with van der Waals surface area (Å²) >= 11 is 0. The van der Waals surface area contributed by atoms with Crippen molar-refractivity contribution in [1.29, 1.82) is 0 Å². The van der Waals surface area contributed by atoms with E-state index in [4.69, 9.17) is 4.74 Å². The Labute approximate surface area is 231 Å². The van der Waals surface area contributed by atoms with E-state index < -0.39 is 24.0 Å². The molecule has 2 N–H and O–H groups in total. The van der Waals surface area contributed by atoms with E-state index in [1.807, 2.05) is 19.1 Å². The number of likely N-dealkylation sites (tertiary alicyclic amines) is 1. The average Bonchev–Trinajstić information content (AvgIpc) is 2.74. The van der Waals surface area contributed by atoms with E-state index >= 15 is 0 Å². The molecule has 2 atom stereocenters. The summed E-state index contributed by atoms with van der Waals surface area (Å²) in [7, 11) is 2.14. The molecule has 1 heterocycles. The van der Waals surface area contributed by atoms with Gasteiger partial charge in [0.15, 0.2) is 5.92 Å². The zero-order valence-electron chi connectivity index (χ0n) is 26.0. The summed E-state index contributed by atoms with van der Waals surface area (Å²) in [6.07, 6.45) is 2.66. The molecular formula is C32H53NO5. The SMILES string of the molecule is CCCCC(C(=O)O)C(=O)OC(c1cc(C(C)(C)C)c(O)c(C(C)(C)C)c1)C1CC(C)(C)N(C)C(C)(C)C1. The Kier molecular flexibility index (Phi) is 9.46. The lowest BCUT2D eigenvalue weighted by Gasteiger charge is -2.55. The molecule has 6 nitrogen and oxygen atoms in total. The molecule has 0 bridgehead atoms. The van der Waals surface area contributed by atoms with Gasteiger partial charge in [-0.2, -0.15) is 0 Å².